The molecule has 0 bridgehead atoms. The first-order valence-corrected chi connectivity index (χ1v) is 7.70. The third kappa shape index (κ3) is 5.57. The molecule has 0 aliphatic carbocycles. The van der Waals surface area contributed by atoms with Crippen molar-refractivity contribution >= 4 is 17.6 Å². The Bertz CT molecular complexity index is 626. The molecule has 0 saturated heterocycles. The maximum atomic E-state index is 12.8. The summed E-state index contributed by atoms with van der Waals surface area (Å²) in [6.07, 6.45) is 1.20. The highest BCUT2D eigenvalue weighted by Gasteiger charge is 2.15. The number of rotatable bonds is 7. The molecule has 0 aromatic heterocycles. The average Bonchev–Trinajstić information content (AvgIpc) is 2.59. The zero-order valence-electron chi connectivity index (χ0n) is 12.8. The molecule has 0 saturated carbocycles. The molecule has 0 N–H and O–H groups in total. The lowest BCUT2D eigenvalue weighted by Gasteiger charge is -2.09. The number of hydrogen-bond acceptors (Lipinski definition) is 3. The molecule has 3 nitrogen and oxygen atoms in total. The van der Waals surface area contributed by atoms with Gasteiger partial charge < -0.3 is 9.47 Å². The normalized spacial score (nSPS) is 11.8. The zero-order chi connectivity index (χ0) is 16.7. The van der Waals surface area contributed by atoms with Crippen molar-refractivity contribution in [1.82, 2.24) is 0 Å². The van der Waals surface area contributed by atoms with Gasteiger partial charge in [0.25, 0.3) is 0 Å². The fourth-order valence-corrected chi connectivity index (χ4v) is 2.24. The number of ether oxygens (including phenoxy) is 2. The van der Waals surface area contributed by atoms with Gasteiger partial charge in [-0.25, -0.2) is 4.39 Å². The molecule has 0 aliphatic heterocycles. The van der Waals surface area contributed by atoms with Crippen molar-refractivity contribution in [3.05, 3.63) is 65.5 Å². The molecule has 0 fully saturated rings. The summed E-state index contributed by atoms with van der Waals surface area (Å²) < 4.78 is 23.0. The summed E-state index contributed by atoms with van der Waals surface area (Å²) in [4.78, 5) is 11.2. The number of esters is 1. The molecule has 0 amide bonds. The maximum Gasteiger partial charge on any atom is 0.323 e. The largest absolute Gasteiger partial charge is 0.489 e. The molecule has 2 aromatic rings. The molecule has 2 rings (SSSR count). The van der Waals surface area contributed by atoms with E-state index in [0.717, 1.165) is 16.9 Å². The van der Waals surface area contributed by atoms with E-state index in [9.17, 15) is 9.18 Å². The number of alkyl halides is 1. The first-order chi connectivity index (χ1) is 11.1. The number of benzene rings is 2. The van der Waals surface area contributed by atoms with Gasteiger partial charge in [0.2, 0.25) is 0 Å². The van der Waals surface area contributed by atoms with Crippen LogP contribution in [0.25, 0.3) is 0 Å². The van der Waals surface area contributed by atoms with E-state index >= 15 is 0 Å². The fraction of sp³-hybridized carbons (Fsp3) is 0.278. The smallest absolute Gasteiger partial charge is 0.323 e. The van der Waals surface area contributed by atoms with Crippen LogP contribution in [0.4, 0.5) is 4.39 Å². The number of carbonyl (C=O) groups excluding carboxylic acids is 1. The van der Waals surface area contributed by atoms with Crippen LogP contribution in [-0.4, -0.2) is 18.5 Å². The molecule has 2 aromatic carbocycles. The molecule has 23 heavy (non-hydrogen) atoms. The first-order valence-electron chi connectivity index (χ1n) is 7.26. The zero-order valence-corrected chi connectivity index (χ0v) is 13.6. The van der Waals surface area contributed by atoms with Crippen molar-refractivity contribution in [3.8, 4) is 5.75 Å². The number of carbonyl (C=O) groups is 1. The van der Waals surface area contributed by atoms with Crippen molar-refractivity contribution in [2.24, 2.45) is 0 Å². The number of methoxy groups -OCH3 is 1. The van der Waals surface area contributed by atoms with Gasteiger partial charge in [-0.3, -0.25) is 4.79 Å². The molecule has 0 spiro atoms. The van der Waals surface area contributed by atoms with Gasteiger partial charge in [-0.15, -0.1) is 11.6 Å². The molecule has 122 valence electrons. The number of aryl methyl sites for hydroxylation is 1. The van der Waals surface area contributed by atoms with Crippen LogP contribution in [0.1, 0.15) is 17.5 Å². The highest BCUT2D eigenvalue weighted by atomic mass is 35.5. The van der Waals surface area contributed by atoms with Crippen LogP contribution in [0.2, 0.25) is 0 Å². The van der Waals surface area contributed by atoms with Gasteiger partial charge in [0, 0.05) is 0 Å². The second-order valence-corrected chi connectivity index (χ2v) is 5.62. The van der Waals surface area contributed by atoms with Crippen LogP contribution in [0, 0.1) is 5.82 Å². The van der Waals surface area contributed by atoms with Crippen LogP contribution in [0.3, 0.4) is 0 Å². The van der Waals surface area contributed by atoms with Gasteiger partial charge in [-0.2, -0.15) is 0 Å². The summed E-state index contributed by atoms with van der Waals surface area (Å²) in [5, 5.41) is -0.630. The standard InChI is InChI=1S/C18H18ClFO3/c1-22-18(21)17(19)11-6-13-4-9-16(10-5-13)23-12-14-2-7-15(20)8-3-14/h2-5,7-10,17H,6,11-12H2,1H3. The Hall–Kier alpha value is -2.07. The van der Waals surface area contributed by atoms with Gasteiger partial charge in [0.05, 0.1) is 7.11 Å². The van der Waals surface area contributed by atoms with Gasteiger partial charge in [-0.05, 0) is 48.2 Å². The lowest BCUT2D eigenvalue weighted by Crippen LogP contribution is -2.16. The maximum absolute atomic E-state index is 12.8. The van der Waals surface area contributed by atoms with E-state index in [1.165, 1.54) is 19.2 Å². The number of halogens is 2. The molecule has 0 aliphatic rings. The molecule has 0 heterocycles. The van der Waals surface area contributed by atoms with Crippen molar-refractivity contribution in [1.29, 1.82) is 0 Å². The fourth-order valence-electron chi connectivity index (χ4n) is 2.04. The third-order valence-corrected chi connectivity index (χ3v) is 3.78. The van der Waals surface area contributed by atoms with Crippen LogP contribution >= 0.6 is 11.6 Å². The Morgan fingerprint density at radius 2 is 1.70 bits per heavy atom. The Morgan fingerprint density at radius 1 is 1.09 bits per heavy atom. The summed E-state index contributed by atoms with van der Waals surface area (Å²) >= 11 is 5.92. The predicted octanol–water partition coefficient (Wildman–Crippen LogP) is 4.12. The SMILES string of the molecule is COC(=O)C(Cl)CCc1ccc(OCc2ccc(F)cc2)cc1. The van der Waals surface area contributed by atoms with E-state index in [2.05, 4.69) is 4.74 Å². The van der Waals surface area contributed by atoms with E-state index < -0.39 is 11.3 Å². The van der Waals surface area contributed by atoms with Crippen LogP contribution in [0.5, 0.6) is 5.75 Å². The van der Waals surface area contributed by atoms with E-state index in [-0.39, 0.29) is 5.82 Å². The van der Waals surface area contributed by atoms with Gasteiger partial charge in [0.1, 0.15) is 23.6 Å². The first kappa shape index (κ1) is 17.3. The Morgan fingerprint density at radius 3 is 2.30 bits per heavy atom. The van der Waals surface area contributed by atoms with Crippen LogP contribution in [0.15, 0.2) is 48.5 Å². The molecule has 1 unspecified atom stereocenters. The van der Waals surface area contributed by atoms with Crippen molar-refractivity contribution in [2.75, 3.05) is 7.11 Å². The second kappa shape index (κ2) is 8.53. The molecule has 5 heteroatoms. The molecule has 1 atom stereocenters. The average molecular weight is 337 g/mol. The highest BCUT2D eigenvalue weighted by molar-refractivity contribution is 6.29. The Kier molecular flexibility index (Phi) is 6.41. The van der Waals surface area contributed by atoms with Gasteiger partial charge in [-0.1, -0.05) is 24.3 Å². The topological polar surface area (TPSA) is 35.5 Å². The number of hydrogen-bond donors (Lipinski definition) is 0. The lowest BCUT2D eigenvalue weighted by atomic mass is 10.1. The van der Waals surface area contributed by atoms with Crippen molar-refractivity contribution in [3.63, 3.8) is 0 Å². The van der Waals surface area contributed by atoms with E-state index in [0.29, 0.717) is 19.4 Å². The third-order valence-electron chi connectivity index (χ3n) is 3.39. The van der Waals surface area contributed by atoms with Crippen molar-refractivity contribution < 1.29 is 18.7 Å². The minimum Gasteiger partial charge on any atom is -0.489 e. The molecule has 0 radical (unpaired) electrons. The summed E-state index contributed by atoms with van der Waals surface area (Å²) in [6.45, 7) is 0.381. The summed E-state index contributed by atoms with van der Waals surface area (Å²) in [5.74, 6) is 0.0574. The predicted molar refractivity (Wildman–Crippen MR) is 87.2 cm³/mol. The van der Waals surface area contributed by atoms with E-state index in [1.807, 2.05) is 24.3 Å². The summed E-state index contributed by atoms with van der Waals surface area (Å²) in [6, 6.07) is 13.8. The van der Waals surface area contributed by atoms with Crippen LogP contribution in [-0.2, 0) is 22.6 Å². The van der Waals surface area contributed by atoms with Crippen LogP contribution < -0.4 is 4.74 Å². The van der Waals surface area contributed by atoms with Gasteiger partial charge in [0.15, 0.2) is 0 Å². The second-order valence-electron chi connectivity index (χ2n) is 5.09. The minimum atomic E-state index is -0.630. The Labute approximate surface area is 140 Å². The molecular weight excluding hydrogens is 319 g/mol. The van der Waals surface area contributed by atoms with E-state index in [4.69, 9.17) is 16.3 Å². The highest BCUT2D eigenvalue weighted by Crippen LogP contribution is 2.17. The quantitative estimate of drug-likeness (QED) is 0.563. The monoisotopic (exact) mass is 336 g/mol. The van der Waals surface area contributed by atoms with Crippen molar-refractivity contribution in [2.45, 2.75) is 24.8 Å². The Balaban J connectivity index is 1.82. The van der Waals surface area contributed by atoms with Gasteiger partial charge >= 0.3 is 5.97 Å². The van der Waals surface area contributed by atoms with E-state index in [1.54, 1.807) is 12.1 Å². The lowest BCUT2D eigenvalue weighted by molar-refractivity contribution is -0.140. The summed E-state index contributed by atoms with van der Waals surface area (Å²) in [7, 11) is 1.32. The summed E-state index contributed by atoms with van der Waals surface area (Å²) in [5.41, 5.74) is 1.97. The molecular formula is C18H18ClFO3. The minimum absolute atomic E-state index is 0.261.